The number of phenolic OH excluding ortho intramolecular Hbond substituents is 1. The molecule has 0 unspecified atom stereocenters. The van der Waals surface area contributed by atoms with Gasteiger partial charge in [-0.1, -0.05) is 24.3 Å². The van der Waals surface area contributed by atoms with E-state index in [1.807, 2.05) is 24.3 Å². The molecule has 1 heterocycles. The van der Waals surface area contributed by atoms with Gasteiger partial charge in [-0.25, -0.2) is 0 Å². The quantitative estimate of drug-likeness (QED) is 0.763. The molecule has 2 aromatic carbocycles. The predicted molar refractivity (Wildman–Crippen MR) is 76.5 cm³/mol. The van der Waals surface area contributed by atoms with E-state index in [9.17, 15) is 5.11 Å². The maximum Gasteiger partial charge on any atom is 0.146 e. The Hall–Kier alpha value is -2.46. The molecule has 0 spiro atoms. The van der Waals surface area contributed by atoms with Crippen molar-refractivity contribution in [2.24, 2.45) is 5.73 Å². The maximum absolute atomic E-state index is 9.38. The lowest BCUT2D eigenvalue weighted by Gasteiger charge is -2.04. The number of para-hydroxylation sites is 1. The summed E-state index contributed by atoms with van der Waals surface area (Å²) in [6, 6.07) is 14.5. The van der Waals surface area contributed by atoms with Gasteiger partial charge < -0.3 is 20.0 Å². The van der Waals surface area contributed by atoms with Crippen molar-refractivity contribution in [1.82, 2.24) is 0 Å². The van der Waals surface area contributed by atoms with E-state index in [0.717, 1.165) is 22.3 Å². The topological polar surface area (TPSA) is 68.6 Å². The molecule has 0 aliphatic rings. The summed E-state index contributed by atoms with van der Waals surface area (Å²) in [4.78, 5) is 0. The van der Waals surface area contributed by atoms with E-state index in [0.29, 0.717) is 18.9 Å². The number of hydrogen-bond acceptors (Lipinski definition) is 4. The first-order valence-electron chi connectivity index (χ1n) is 6.38. The molecule has 0 saturated carbocycles. The third-order valence-corrected chi connectivity index (χ3v) is 3.10. The Morgan fingerprint density at radius 1 is 1.10 bits per heavy atom. The summed E-state index contributed by atoms with van der Waals surface area (Å²) in [7, 11) is 0. The van der Waals surface area contributed by atoms with Crippen LogP contribution in [0, 0.1) is 0 Å². The molecule has 0 saturated heterocycles. The first-order chi connectivity index (χ1) is 9.76. The van der Waals surface area contributed by atoms with E-state index in [1.165, 1.54) is 0 Å². The lowest BCUT2D eigenvalue weighted by Crippen LogP contribution is -1.95. The molecule has 0 aliphatic carbocycles. The Labute approximate surface area is 116 Å². The van der Waals surface area contributed by atoms with Gasteiger partial charge in [0.15, 0.2) is 0 Å². The summed E-state index contributed by atoms with van der Waals surface area (Å²) in [6.45, 7) is 0.750. The average molecular weight is 269 g/mol. The molecule has 0 atom stereocenters. The van der Waals surface area contributed by atoms with Crippen LogP contribution in [0.5, 0.6) is 11.5 Å². The normalized spacial score (nSPS) is 10.8. The fourth-order valence-corrected chi connectivity index (χ4v) is 2.14. The van der Waals surface area contributed by atoms with Crippen molar-refractivity contribution in [2.45, 2.75) is 13.2 Å². The molecule has 0 amide bonds. The molecule has 102 valence electrons. The third kappa shape index (κ3) is 2.46. The molecule has 0 aliphatic heterocycles. The molecule has 1 aromatic heterocycles. The highest BCUT2D eigenvalue weighted by Gasteiger charge is 2.08. The second-order valence-electron chi connectivity index (χ2n) is 4.54. The summed E-state index contributed by atoms with van der Waals surface area (Å²) >= 11 is 0. The van der Waals surface area contributed by atoms with Crippen molar-refractivity contribution in [1.29, 1.82) is 0 Å². The van der Waals surface area contributed by atoms with E-state index in [-0.39, 0.29) is 5.75 Å². The van der Waals surface area contributed by atoms with Gasteiger partial charge in [-0.05, 0) is 18.2 Å². The summed E-state index contributed by atoms with van der Waals surface area (Å²) in [6.07, 6.45) is 0. The van der Waals surface area contributed by atoms with Gasteiger partial charge in [0.2, 0.25) is 0 Å². The van der Waals surface area contributed by atoms with Gasteiger partial charge in [-0.3, -0.25) is 0 Å². The number of phenols is 1. The van der Waals surface area contributed by atoms with Crippen LogP contribution in [0.4, 0.5) is 0 Å². The van der Waals surface area contributed by atoms with E-state index in [2.05, 4.69) is 0 Å². The van der Waals surface area contributed by atoms with Crippen molar-refractivity contribution < 1.29 is 14.3 Å². The average Bonchev–Trinajstić information content (AvgIpc) is 2.88. The molecular weight excluding hydrogens is 254 g/mol. The Bertz CT molecular complexity index is 733. The molecule has 20 heavy (non-hydrogen) atoms. The van der Waals surface area contributed by atoms with Crippen LogP contribution in [0.3, 0.4) is 0 Å². The standard InChI is InChI=1S/C16H15NO3/c17-9-12-4-1-3-11-7-15(20-16(11)12)10-19-14-6-2-5-13(18)8-14/h1-8,18H,9-10,17H2. The first kappa shape index (κ1) is 12.6. The highest BCUT2D eigenvalue weighted by atomic mass is 16.5. The summed E-state index contributed by atoms with van der Waals surface area (Å²) < 4.78 is 11.4. The van der Waals surface area contributed by atoms with Crippen LogP contribution in [-0.2, 0) is 13.2 Å². The highest BCUT2D eigenvalue weighted by Crippen LogP contribution is 2.24. The predicted octanol–water partition coefficient (Wildman–Crippen LogP) is 3.18. The van der Waals surface area contributed by atoms with Gasteiger partial charge >= 0.3 is 0 Å². The molecule has 4 heteroatoms. The zero-order valence-electron chi connectivity index (χ0n) is 10.9. The smallest absolute Gasteiger partial charge is 0.146 e. The zero-order valence-corrected chi connectivity index (χ0v) is 10.9. The monoisotopic (exact) mass is 269 g/mol. The van der Waals surface area contributed by atoms with Gasteiger partial charge in [0.05, 0.1) is 0 Å². The van der Waals surface area contributed by atoms with Gasteiger partial charge in [0.1, 0.15) is 29.4 Å². The van der Waals surface area contributed by atoms with Crippen LogP contribution in [0.15, 0.2) is 52.9 Å². The molecule has 3 N–H and O–H groups in total. The summed E-state index contributed by atoms with van der Waals surface area (Å²) in [5.41, 5.74) is 7.48. The number of rotatable bonds is 4. The SMILES string of the molecule is NCc1cccc2cc(COc3cccc(O)c3)oc12. The summed E-state index contributed by atoms with van der Waals surface area (Å²) in [5, 5.41) is 10.4. The first-order valence-corrected chi connectivity index (χ1v) is 6.38. The van der Waals surface area contributed by atoms with E-state index >= 15 is 0 Å². The van der Waals surface area contributed by atoms with Crippen LogP contribution >= 0.6 is 0 Å². The number of ether oxygens (including phenoxy) is 1. The minimum absolute atomic E-state index is 0.178. The second kappa shape index (κ2) is 5.27. The Kier molecular flexibility index (Phi) is 3.31. The van der Waals surface area contributed by atoms with Crippen LogP contribution in [0.1, 0.15) is 11.3 Å². The second-order valence-corrected chi connectivity index (χ2v) is 4.54. The molecule has 3 aromatic rings. The Morgan fingerprint density at radius 2 is 1.95 bits per heavy atom. The number of aromatic hydroxyl groups is 1. The van der Waals surface area contributed by atoms with Crippen molar-refractivity contribution >= 4 is 11.0 Å². The van der Waals surface area contributed by atoms with E-state index in [1.54, 1.807) is 24.3 Å². The molecule has 0 bridgehead atoms. The van der Waals surface area contributed by atoms with Crippen molar-refractivity contribution in [3.05, 3.63) is 59.9 Å². The fourth-order valence-electron chi connectivity index (χ4n) is 2.14. The lowest BCUT2D eigenvalue weighted by molar-refractivity contribution is 0.273. The molecule has 0 radical (unpaired) electrons. The van der Waals surface area contributed by atoms with Gasteiger partial charge in [0.25, 0.3) is 0 Å². The van der Waals surface area contributed by atoms with Gasteiger partial charge in [-0.2, -0.15) is 0 Å². The van der Waals surface area contributed by atoms with Gasteiger partial charge in [0, 0.05) is 23.6 Å². The lowest BCUT2D eigenvalue weighted by atomic mass is 10.1. The van der Waals surface area contributed by atoms with E-state index in [4.69, 9.17) is 14.9 Å². The largest absolute Gasteiger partial charge is 0.508 e. The number of furan rings is 1. The van der Waals surface area contributed by atoms with Crippen LogP contribution < -0.4 is 10.5 Å². The van der Waals surface area contributed by atoms with Crippen molar-refractivity contribution in [3.8, 4) is 11.5 Å². The number of nitrogens with two attached hydrogens (primary N) is 1. The maximum atomic E-state index is 9.38. The highest BCUT2D eigenvalue weighted by molar-refractivity contribution is 5.81. The third-order valence-electron chi connectivity index (χ3n) is 3.10. The molecule has 3 rings (SSSR count). The number of fused-ring (bicyclic) bond motifs is 1. The molecular formula is C16H15NO3. The zero-order chi connectivity index (χ0) is 13.9. The van der Waals surface area contributed by atoms with Crippen LogP contribution in [-0.4, -0.2) is 5.11 Å². The van der Waals surface area contributed by atoms with Crippen LogP contribution in [0.2, 0.25) is 0 Å². The minimum atomic E-state index is 0.178. The number of benzene rings is 2. The van der Waals surface area contributed by atoms with E-state index < -0.39 is 0 Å². The summed E-state index contributed by atoms with van der Waals surface area (Å²) in [5.74, 6) is 1.51. The van der Waals surface area contributed by atoms with Crippen LogP contribution in [0.25, 0.3) is 11.0 Å². The van der Waals surface area contributed by atoms with Gasteiger partial charge in [-0.15, -0.1) is 0 Å². The number of hydrogen-bond donors (Lipinski definition) is 2. The Morgan fingerprint density at radius 3 is 2.75 bits per heavy atom. The molecule has 4 nitrogen and oxygen atoms in total. The van der Waals surface area contributed by atoms with Crippen molar-refractivity contribution in [2.75, 3.05) is 0 Å². The fraction of sp³-hybridized carbons (Fsp3) is 0.125. The molecule has 0 fully saturated rings. The van der Waals surface area contributed by atoms with Crippen molar-refractivity contribution in [3.63, 3.8) is 0 Å². The Balaban J connectivity index is 1.81. The minimum Gasteiger partial charge on any atom is -0.508 e.